The molecule has 0 amide bonds. The van der Waals surface area contributed by atoms with Gasteiger partial charge in [-0.3, -0.25) is 0 Å². The van der Waals surface area contributed by atoms with Crippen LogP contribution in [0.5, 0.6) is 5.75 Å². The van der Waals surface area contributed by atoms with Gasteiger partial charge in [0.05, 0.1) is 6.61 Å². The van der Waals surface area contributed by atoms with E-state index in [1.54, 1.807) is 13.0 Å². The molecule has 5 heteroatoms. The van der Waals surface area contributed by atoms with Gasteiger partial charge in [0.1, 0.15) is 4.99 Å². The highest BCUT2D eigenvalue weighted by atomic mass is 32.1. The molecule has 0 bridgehead atoms. The number of hydrogen-bond acceptors (Lipinski definition) is 3. The minimum absolute atomic E-state index is 0.00654. The molecule has 0 aliphatic rings. The van der Waals surface area contributed by atoms with Crippen molar-refractivity contribution in [2.24, 2.45) is 11.7 Å². The first-order valence-electron chi connectivity index (χ1n) is 4.87. The lowest BCUT2D eigenvalue weighted by atomic mass is 10.2. The standard InChI is InChI=1S/C11H14FNO2S/c1-7(5-14)6-15-10-3-2-8(11(13)16)4-9(10)12/h2-4,7,14H,5-6H2,1H3,(H2,13,16). The van der Waals surface area contributed by atoms with Gasteiger partial charge in [0.15, 0.2) is 11.6 Å². The Morgan fingerprint density at radius 1 is 1.62 bits per heavy atom. The third-order valence-corrected chi connectivity index (χ3v) is 2.29. The highest BCUT2D eigenvalue weighted by Crippen LogP contribution is 2.19. The molecule has 3 nitrogen and oxygen atoms in total. The summed E-state index contributed by atoms with van der Waals surface area (Å²) in [4.78, 5) is 0.147. The summed E-state index contributed by atoms with van der Waals surface area (Å²) in [6.07, 6.45) is 0. The van der Waals surface area contributed by atoms with Gasteiger partial charge in [-0.05, 0) is 18.2 Å². The van der Waals surface area contributed by atoms with Crippen LogP contribution >= 0.6 is 12.2 Å². The third-order valence-electron chi connectivity index (χ3n) is 2.05. The Morgan fingerprint density at radius 3 is 2.81 bits per heavy atom. The van der Waals surface area contributed by atoms with Crippen LogP contribution in [-0.2, 0) is 0 Å². The molecule has 0 radical (unpaired) electrons. The fourth-order valence-corrected chi connectivity index (χ4v) is 1.18. The predicted molar refractivity (Wildman–Crippen MR) is 64.0 cm³/mol. The van der Waals surface area contributed by atoms with Gasteiger partial charge in [-0.2, -0.15) is 0 Å². The van der Waals surface area contributed by atoms with Crippen molar-refractivity contribution in [1.82, 2.24) is 0 Å². The van der Waals surface area contributed by atoms with E-state index in [2.05, 4.69) is 0 Å². The molecule has 1 aromatic carbocycles. The number of rotatable bonds is 5. The molecule has 0 heterocycles. The Hall–Kier alpha value is -1.20. The van der Waals surface area contributed by atoms with Crippen LogP contribution in [-0.4, -0.2) is 23.3 Å². The molecule has 0 saturated carbocycles. The summed E-state index contributed by atoms with van der Waals surface area (Å²) in [5.41, 5.74) is 5.83. The van der Waals surface area contributed by atoms with Crippen LogP contribution in [0, 0.1) is 11.7 Å². The third kappa shape index (κ3) is 3.43. The van der Waals surface area contributed by atoms with Crippen LogP contribution in [0.15, 0.2) is 18.2 Å². The van der Waals surface area contributed by atoms with E-state index in [9.17, 15) is 4.39 Å². The average Bonchev–Trinajstić information content (AvgIpc) is 2.26. The zero-order valence-corrected chi connectivity index (χ0v) is 9.76. The molecule has 3 N–H and O–H groups in total. The quantitative estimate of drug-likeness (QED) is 0.769. The number of thiocarbonyl (C=S) groups is 1. The molecule has 16 heavy (non-hydrogen) atoms. The fourth-order valence-electron chi connectivity index (χ4n) is 1.06. The van der Waals surface area contributed by atoms with Gasteiger partial charge in [0, 0.05) is 18.1 Å². The van der Waals surface area contributed by atoms with Crippen LogP contribution in [0.4, 0.5) is 4.39 Å². The minimum Gasteiger partial charge on any atom is -0.490 e. The summed E-state index contributed by atoms with van der Waals surface area (Å²) >= 11 is 4.73. The Bertz CT molecular complexity index is 384. The topological polar surface area (TPSA) is 55.5 Å². The maximum atomic E-state index is 13.5. The molecule has 0 aliphatic heterocycles. The van der Waals surface area contributed by atoms with Gasteiger partial charge in [-0.1, -0.05) is 19.1 Å². The molecule has 0 fully saturated rings. The van der Waals surface area contributed by atoms with Crippen LogP contribution in [0.1, 0.15) is 12.5 Å². The van der Waals surface area contributed by atoms with Crippen molar-refractivity contribution in [3.63, 3.8) is 0 Å². The van der Waals surface area contributed by atoms with Crippen molar-refractivity contribution in [3.05, 3.63) is 29.6 Å². The normalized spacial score (nSPS) is 12.2. The molecule has 0 aromatic heterocycles. The molecule has 1 rings (SSSR count). The smallest absolute Gasteiger partial charge is 0.165 e. The van der Waals surface area contributed by atoms with Gasteiger partial charge < -0.3 is 15.6 Å². The summed E-state index contributed by atoms with van der Waals surface area (Å²) < 4.78 is 18.7. The Kier molecular flexibility index (Phi) is 4.64. The maximum absolute atomic E-state index is 13.5. The summed E-state index contributed by atoms with van der Waals surface area (Å²) in [7, 11) is 0. The van der Waals surface area contributed by atoms with Gasteiger partial charge in [-0.25, -0.2) is 4.39 Å². The van der Waals surface area contributed by atoms with E-state index in [-0.39, 0.29) is 29.9 Å². The minimum atomic E-state index is -0.504. The van der Waals surface area contributed by atoms with Crippen LogP contribution in [0.25, 0.3) is 0 Å². The van der Waals surface area contributed by atoms with E-state index in [1.807, 2.05) is 0 Å². The first-order valence-corrected chi connectivity index (χ1v) is 5.28. The summed E-state index contributed by atoms with van der Waals surface area (Å²) in [5, 5.41) is 8.79. The molecule has 1 unspecified atom stereocenters. The predicted octanol–water partition coefficient (Wildman–Crippen LogP) is 1.47. The van der Waals surface area contributed by atoms with Crippen LogP contribution in [0.3, 0.4) is 0 Å². The lowest BCUT2D eigenvalue weighted by Crippen LogP contribution is -2.13. The van der Waals surface area contributed by atoms with Gasteiger partial charge in [0.2, 0.25) is 0 Å². The number of benzene rings is 1. The van der Waals surface area contributed by atoms with E-state index in [0.29, 0.717) is 5.56 Å². The summed E-state index contributed by atoms with van der Waals surface area (Å²) in [6, 6.07) is 4.32. The molecular weight excluding hydrogens is 229 g/mol. The monoisotopic (exact) mass is 243 g/mol. The van der Waals surface area contributed by atoms with Crippen molar-refractivity contribution in [1.29, 1.82) is 0 Å². The van der Waals surface area contributed by atoms with Gasteiger partial charge in [-0.15, -0.1) is 0 Å². The van der Waals surface area contributed by atoms with E-state index < -0.39 is 5.82 Å². The highest BCUT2D eigenvalue weighted by Gasteiger charge is 2.08. The van der Waals surface area contributed by atoms with Gasteiger partial charge in [0.25, 0.3) is 0 Å². The first kappa shape index (κ1) is 12.9. The number of nitrogens with two attached hydrogens (primary N) is 1. The molecule has 0 saturated heterocycles. The summed E-state index contributed by atoms with van der Waals surface area (Å²) in [5.74, 6) is -0.398. The van der Waals surface area contributed by atoms with Crippen molar-refractivity contribution in [2.45, 2.75) is 6.92 Å². The average molecular weight is 243 g/mol. The van der Waals surface area contributed by atoms with Crippen molar-refractivity contribution in [2.75, 3.05) is 13.2 Å². The van der Waals surface area contributed by atoms with E-state index >= 15 is 0 Å². The zero-order valence-electron chi connectivity index (χ0n) is 8.94. The Morgan fingerprint density at radius 2 is 2.31 bits per heavy atom. The summed E-state index contributed by atoms with van der Waals surface area (Å²) in [6.45, 7) is 2.08. The maximum Gasteiger partial charge on any atom is 0.165 e. The molecule has 1 atom stereocenters. The molecule has 1 aromatic rings. The number of hydrogen-bond donors (Lipinski definition) is 2. The van der Waals surface area contributed by atoms with Gasteiger partial charge >= 0.3 is 0 Å². The van der Waals surface area contributed by atoms with Crippen LogP contribution < -0.4 is 10.5 Å². The molecule has 88 valence electrons. The SMILES string of the molecule is CC(CO)COc1ccc(C(N)=S)cc1F. The number of ether oxygens (including phenoxy) is 1. The molecule has 0 spiro atoms. The van der Waals surface area contributed by atoms with Crippen LogP contribution in [0.2, 0.25) is 0 Å². The Balaban J connectivity index is 2.72. The van der Waals surface area contributed by atoms with E-state index in [0.717, 1.165) is 0 Å². The second-order valence-corrected chi connectivity index (χ2v) is 4.05. The highest BCUT2D eigenvalue weighted by molar-refractivity contribution is 7.80. The molecule has 0 aliphatic carbocycles. The lowest BCUT2D eigenvalue weighted by molar-refractivity contribution is 0.171. The van der Waals surface area contributed by atoms with Crippen molar-refractivity contribution in [3.8, 4) is 5.75 Å². The first-order chi connectivity index (χ1) is 7.54. The zero-order chi connectivity index (χ0) is 12.1. The number of halogens is 1. The van der Waals surface area contributed by atoms with E-state index in [4.69, 9.17) is 27.8 Å². The number of aliphatic hydroxyl groups excluding tert-OH is 1. The largest absolute Gasteiger partial charge is 0.490 e. The molecular formula is C11H14FNO2S. The lowest BCUT2D eigenvalue weighted by Gasteiger charge is -2.11. The van der Waals surface area contributed by atoms with E-state index in [1.165, 1.54) is 12.1 Å². The second kappa shape index (κ2) is 5.77. The second-order valence-electron chi connectivity index (χ2n) is 3.61. The van der Waals surface area contributed by atoms with Crippen molar-refractivity contribution >= 4 is 17.2 Å². The fraction of sp³-hybridized carbons (Fsp3) is 0.364. The number of aliphatic hydroxyl groups is 1. The van der Waals surface area contributed by atoms with Crippen molar-refractivity contribution < 1.29 is 14.2 Å². The Labute approximate surface area is 99.0 Å².